The van der Waals surface area contributed by atoms with Crippen LogP contribution in [0.3, 0.4) is 0 Å². The Morgan fingerprint density at radius 1 is 1.29 bits per heavy atom. The Labute approximate surface area is 102 Å². The highest BCUT2D eigenvalue weighted by Gasteiger charge is 2.24. The maximum Gasteiger partial charge on any atom is 0.339 e. The summed E-state index contributed by atoms with van der Waals surface area (Å²) in [5, 5.41) is 18.7. The Bertz CT molecular complexity index is 433. The molecule has 0 aliphatic rings. The van der Waals surface area contributed by atoms with Crippen molar-refractivity contribution in [3.05, 3.63) is 28.8 Å². The largest absolute Gasteiger partial charge is 0.507 e. The van der Waals surface area contributed by atoms with Crippen molar-refractivity contribution in [2.75, 3.05) is 0 Å². The Hall–Kier alpha value is -1.51. The minimum atomic E-state index is -1.08. The summed E-state index contributed by atoms with van der Waals surface area (Å²) >= 11 is 0. The van der Waals surface area contributed by atoms with E-state index in [1.807, 2.05) is 6.92 Å². The molecule has 1 aromatic rings. The van der Waals surface area contributed by atoms with Crippen LogP contribution in [0.1, 0.15) is 55.6 Å². The van der Waals surface area contributed by atoms with E-state index in [0.29, 0.717) is 0 Å². The number of phenols is 1. The molecule has 3 heteroatoms. The molecular weight excluding hydrogens is 216 g/mol. The molecule has 0 atom stereocenters. The lowest BCUT2D eigenvalue weighted by Gasteiger charge is -2.27. The Kier molecular flexibility index (Phi) is 3.81. The van der Waals surface area contributed by atoms with Gasteiger partial charge in [-0.1, -0.05) is 27.7 Å². The average molecular weight is 236 g/mol. The molecule has 0 fully saturated rings. The van der Waals surface area contributed by atoms with E-state index in [0.717, 1.165) is 24.0 Å². The first-order valence-corrected chi connectivity index (χ1v) is 5.93. The maximum atomic E-state index is 11.0. The second-order valence-electron chi connectivity index (χ2n) is 4.92. The number of hydrogen-bond acceptors (Lipinski definition) is 2. The predicted molar refractivity (Wildman–Crippen MR) is 67.8 cm³/mol. The third-order valence-corrected chi connectivity index (χ3v) is 3.45. The average Bonchev–Trinajstić information content (AvgIpc) is 2.27. The summed E-state index contributed by atoms with van der Waals surface area (Å²) in [6.45, 7) is 8.26. The van der Waals surface area contributed by atoms with Crippen molar-refractivity contribution >= 4 is 5.97 Å². The van der Waals surface area contributed by atoms with Gasteiger partial charge in [-0.05, 0) is 41.5 Å². The van der Waals surface area contributed by atoms with Crippen LogP contribution in [-0.2, 0) is 11.8 Å². The van der Waals surface area contributed by atoms with Crippen molar-refractivity contribution in [3.8, 4) is 5.75 Å². The summed E-state index contributed by atoms with van der Waals surface area (Å²) in [7, 11) is 0. The minimum absolute atomic E-state index is 0.0151. The van der Waals surface area contributed by atoms with Gasteiger partial charge in [0.05, 0.1) is 0 Å². The highest BCUT2D eigenvalue weighted by molar-refractivity contribution is 5.91. The van der Waals surface area contributed by atoms with Crippen molar-refractivity contribution in [1.29, 1.82) is 0 Å². The molecule has 0 unspecified atom stereocenters. The molecule has 0 amide bonds. The maximum absolute atomic E-state index is 11.0. The van der Waals surface area contributed by atoms with Gasteiger partial charge in [0.25, 0.3) is 0 Å². The number of aryl methyl sites for hydroxylation is 1. The molecule has 1 aromatic carbocycles. The van der Waals surface area contributed by atoms with Gasteiger partial charge in [-0.2, -0.15) is 0 Å². The Morgan fingerprint density at radius 2 is 1.88 bits per heavy atom. The molecule has 0 aliphatic carbocycles. The number of carboxylic acid groups (broad SMARTS) is 1. The van der Waals surface area contributed by atoms with Crippen LogP contribution in [0.15, 0.2) is 12.1 Å². The highest BCUT2D eigenvalue weighted by Crippen LogP contribution is 2.34. The van der Waals surface area contributed by atoms with Gasteiger partial charge in [-0.3, -0.25) is 0 Å². The number of rotatable bonds is 4. The van der Waals surface area contributed by atoms with Gasteiger partial charge in [0.1, 0.15) is 11.3 Å². The van der Waals surface area contributed by atoms with Gasteiger partial charge in [-0.25, -0.2) is 4.79 Å². The zero-order valence-corrected chi connectivity index (χ0v) is 10.9. The predicted octanol–water partition coefficient (Wildman–Crippen LogP) is 3.34. The highest BCUT2D eigenvalue weighted by atomic mass is 16.4. The number of carboxylic acids is 1. The number of aromatic carboxylic acids is 1. The van der Waals surface area contributed by atoms with Crippen molar-refractivity contribution < 1.29 is 15.0 Å². The van der Waals surface area contributed by atoms with E-state index in [-0.39, 0.29) is 16.7 Å². The molecule has 0 spiro atoms. The zero-order valence-electron chi connectivity index (χ0n) is 10.9. The van der Waals surface area contributed by atoms with Crippen molar-refractivity contribution in [1.82, 2.24) is 0 Å². The van der Waals surface area contributed by atoms with E-state index in [4.69, 9.17) is 5.11 Å². The second kappa shape index (κ2) is 4.78. The van der Waals surface area contributed by atoms with Crippen LogP contribution < -0.4 is 0 Å². The zero-order chi connectivity index (χ0) is 13.2. The summed E-state index contributed by atoms with van der Waals surface area (Å²) in [5.41, 5.74) is 1.93. The summed E-state index contributed by atoms with van der Waals surface area (Å²) in [4.78, 5) is 11.0. The fourth-order valence-electron chi connectivity index (χ4n) is 1.92. The fraction of sp³-hybridized carbons (Fsp3) is 0.500. The van der Waals surface area contributed by atoms with Gasteiger partial charge in [0, 0.05) is 0 Å². The van der Waals surface area contributed by atoms with Crippen LogP contribution in [-0.4, -0.2) is 16.2 Å². The summed E-state index contributed by atoms with van der Waals surface area (Å²) in [6.07, 6.45) is 1.70. The normalized spacial score (nSPS) is 11.5. The van der Waals surface area contributed by atoms with E-state index in [9.17, 15) is 9.90 Å². The van der Waals surface area contributed by atoms with Gasteiger partial charge in [0.15, 0.2) is 0 Å². The van der Waals surface area contributed by atoms with Crippen LogP contribution >= 0.6 is 0 Å². The monoisotopic (exact) mass is 236 g/mol. The Balaban J connectivity index is 3.47. The van der Waals surface area contributed by atoms with Crippen LogP contribution in [0.2, 0.25) is 0 Å². The number of benzene rings is 1. The third-order valence-electron chi connectivity index (χ3n) is 3.45. The number of aromatic hydroxyl groups is 1. The fourth-order valence-corrected chi connectivity index (χ4v) is 1.92. The molecule has 1 rings (SSSR count). The van der Waals surface area contributed by atoms with Crippen LogP contribution in [0.5, 0.6) is 5.75 Å². The van der Waals surface area contributed by atoms with Gasteiger partial charge in [0.2, 0.25) is 0 Å². The lowest BCUT2D eigenvalue weighted by Crippen LogP contribution is -2.19. The molecule has 0 aliphatic heterocycles. The molecule has 0 saturated carbocycles. The van der Waals surface area contributed by atoms with Crippen LogP contribution in [0, 0.1) is 0 Å². The Morgan fingerprint density at radius 3 is 2.29 bits per heavy atom. The van der Waals surface area contributed by atoms with Crippen molar-refractivity contribution in [2.24, 2.45) is 0 Å². The molecule has 3 nitrogen and oxygen atoms in total. The lowest BCUT2D eigenvalue weighted by atomic mass is 9.78. The van der Waals surface area contributed by atoms with E-state index in [1.165, 1.54) is 0 Å². The first kappa shape index (κ1) is 13.6. The molecular formula is C14H20O3. The molecule has 2 N–H and O–H groups in total. The molecule has 0 aromatic heterocycles. The van der Waals surface area contributed by atoms with E-state index >= 15 is 0 Å². The van der Waals surface area contributed by atoms with E-state index < -0.39 is 5.97 Å². The number of carbonyl (C=O) groups is 1. The van der Waals surface area contributed by atoms with Crippen molar-refractivity contribution in [3.63, 3.8) is 0 Å². The molecule has 17 heavy (non-hydrogen) atoms. The molecule has 0 saturated heterocycles. The lowest BCUT2D eigenvalue weighted by molar-refractivity contribution is 0.0693. The van der Waals surface area contributed by atoms with Gasteiger partial charge in [-0.15, -0.1) is 0 Å². The summed E-state index contributed by atoms with van der Waals surface area (Å²) < 4.78 is 0. The summed E-state index contributed by atoms with van der Waals surface area (Å²) in [6, 6.07) is 3.19. The molecule has 0 radical (unpaired) electrons. The summed E-state index contributed by atoms with van der Waals surface area (Å²) in [5.74, 6) is -1.23. The standard InChI is InChI=1S/C14H20O3/c1-5-9-7-12(15)10(13(16)17)8-11(9)14(3,4)6-2/h7-8,15H,5-6H2,1-4H3,(H,16,17). The molecule has 0 bridgehead atoms. The smallest absolute Gasteiger partial charge is 0.339 e. The van der Waals surface area contributed by atoms with Gasteiger partial charge < -0.3 is 10.2 Å². The van der Waals surface area contributed by atoms with Crippen LogP contribution in [0.25, 0.3) is 0 Å². The van der Waals surface area contributed by atoms with E-state index in [1.54, 1.807) is 12.1 Å². The van der Waals surface area contributed by atoms with Crippen LogP contribution in [0.4, 0.5) is 0 Å². The van der Waals surface area contributed by atoms with Gasteiger partial charge >= 0.3 is 5.97 Å². The molecule has 0 heterocycles. The molecule has 94 valence electrons. The minimum Gasteiger partial charge on any atom is -0.507 e. The van der Waals surface area contributed by atoms with Crippen molar-refractivity contribution in [2.45, 2.75) is 46.0 Å². The second-order valence-corrected chi connectivity index (χ2v) is 4.92. The first-order chi connectivity index (χ1) is 7.83. The van der Waals surface area contributed by atoms with E-state index in [2.05, 4.69) is 20.8 Å². The third kappa shape index (κ3) is 2.60. The number of hydrogen-bond donors (Lipinski definition) is 2. The quantitative estimate of drug-likeness (QED) is 0.843. The first-order valence-electron chi connectivity index (χ1n) is 5.93. The SMILES string of the molecule is CCc1cc(O)c(C(=O)O)cc1C(C)(C)CC. The topological polar surface area (TPSA) is 57.5 Å².